The summed E-state index contributed by atoms with van der Waals surface area (Å²) in [4.78, 5) is 61.0. The largest absolute Gasteiger partial charge is 0.456 e. The average molecular weight is 415 g/mol. The first-order chi connectivity index (χ1) is 14.3. The molecule has 1 saturated heterocycles. The normalized spacial score (nSPS) is 20.5. The monoisotopic (exact) mass is 415 g/mol. The zero-order valence-electron chi connectivity index (χ0n) is 16.8. The maximum absolute atomic E-state index is 12.4. The van der Waals surface area contributed by atoms with Gasteiger partial charge in [0.2, 0.25) is 17.7 Å². The van der Waals surface area contributed by atoms with Crippen LogP contribution in [0.5, 0.6) is 0 Å². The minimum absolute atomic E-state index is 0.0239. The summed E-state index contributed by atoms with van der Waals surface area (Å²) >= 11 is 0. The lowest BCUT2D eigenvalue weighted by atomic mass is 9.81. The third-order valence-corrected chi connectivity index (χ3v) is 5.30. The van der Waals surface area contributed by atoms with Crippen molar-refractivity contribution in [2.75, 3.05) is 23.8 Å². The van der Waals surface area contributed by atoms with Crippen LogP contribution in [0.4, 0.5) is 11.4 Å². The first-order valence-electron chi connectivity index (χ1n) is 10.0. The van der Waals surface area contributed by atoms with E-state index in [1.54, 1.807) is 24.3 Å². The number of nitrogens with zero attached hydrogens (tertiary/aromatic N) is 1. The predicted molar refractivity (Wildman–Crippen MR) is 107 cm³/mol. The first-order valence-corrected chi connectivity index (χ1v) is 10.0. The average Bonchev–Trinajstić information content (AvgIpc) is 2.95. The number of amides is 4. The molecule has 2 N–H and O–H groups in total. The maximum Gasteiger partial charge on any atom is 0.308 e. The molecule has 2 atom stereocenters. The Hall–Kier alpha value is -3.23. The Morgan fingerprint density at radius 1 is 1.03 bits per heavy atom. The number of anilines is 2. The van der Waals surface area contributed by atoms with Crippen molar-refractivity contribution in [2.45, 2.75) is 39.0 Å². The molecular weight excluding hydrogens is 390 g/mol. The zero-order valence-corrected chi connectivity index (χ0v) is 16.8. The van der Waals surface area contributed by atoms with Gasteiger partial charge in [-0.3, -0.25) is 28.9 Å². The molecule has 9 nitrogen and oxygen atoms in total. The highest BCUT2D eigenvalue weighted by molar-refractivity contribution is 6.05. The Kier molecular flexibility index (Phi) is 6.81. The standard InChI is InChI=1S/C21H25N3O6/c1-13(25)22-14-5-4-6-15(11-14)23-18(26)12-30-19(27)9-10-24-20(28)16-7-2-3-8-17(16)21(24)29/h4-6,11,16-17H,2-3,7-10,12H2,1H3,(H,22,25)(H,23,26)/t16-,17-/m1/s1. The van der Waals surface area contributed by atoms with Crippen LogP contribution in [-0.4, -0.2) is 47.6 Å². The van der Waals surface area contributed by atoms with E-state index in [1.165, 1.54) is 6.92 Å². The van der Waals surface area contributed by atoms with E-state index in [9.17, 15) is 24.0 Å². The van der Waals surface area contributed by atoms with Crippen LogP contribution in [0, 0.1) is 11.8 Å². The molecule has 1 heterocycles. The smallest absolute Gasteiger partial charge is 0.308 e. The highest BCUT2D eigenvalue weighted by atomic mass is 16.5. The molecule has 1 saturated carbocycles. The van der Waals surface area contributed by atoms with E-state index in [1.807, 2.05) is 0 Å². The quantitative estimate of drug-likeness (QED) is 0.516. The van der Waals surface area contributed by atoms with E-state index in [2.05, 4.69) is 10.6 Å². The van der Waals surface area contributed by atoms with E-state index in [4.69, 9.17) is 4.74 Å². The summed E-state index contributed by atoms with van der Waals surface area (Å²) in [7, 11) is 0. The Labute approximate surface area is 174 Å². The molecule has 1 aromatic rings. The van der Waals surface area contributed by atoms with Gasteiger partial charge in [-0.1, -0.05) is 18.9 Å². The fourth-order valence-electron chi connectivity index (χ4n) is 3.95. The van der Waals surface area contributed by atoms with Gasteiger partial charge in [0.15, 0.2) is 6.61 Å². The van der Waals surface area contributed by atoms with E-state index in [-0.39, 0.29) is 42.5 Å². The number of esters is 1. The number of imide groups is 1. The summed E-state index contributed by atoms with van der Waals surface area (Å²) in [6, 6.07) is 6.54. The summed E-state index contributed by atoms with van der Waals surface area (Å²) in [5, 5.41) is 5.17. The van der Waals surface area contributed by atoms with E-state index < -0.39 is 18.5 Å². The lowest BCUT2D eigenvalue weighted by Gasteiger charge is -2.19. The van der Waals surface area contributed by atoms with Gasteiger partial charge in [0.25, 0.3) is 5.91 Å². The van der Waals surface area contributed by atoms with Crippen LogP contribution in [0.1, 0.15) is 39.0 Å². The van der Waals surface area contributed by atoms with E-state index >= 15 is 0 Å². The third-order valence-electron chi connectivity index (χ3n) is 5.30. The van der Waals surface area contributed by atoms with Crippen molar-refractivity contribution < 1.29 is 28.7 Å². The Morgan fingerprint density at radius 3 is 2.23 bits per heavy atom. The van der Waals surface area contributed by atoms with Crippen LogP contribution in [0.2, 0.25) is 0 Å². The van der Waals surface area contributed by atoms with Crippen LogP contribution in [0.15, 0.2) is 24.3 Å². The molecule has 1 aromatic carbocycles. The van der Waals surface area contributed by atoms with E-state index in [0.717, 1.165) is 30.6 Å². The number of hydrogen-bond acceptors (Lipinski definition) is 6. The third kappa shape index (κ3) is 5.22. The van der Waals surface area contributed by atoms with Gasteiger partial charge in [-0.2, -0.15) is 0 Å². The van der Waals surface area contributed by atoms with Gasteiger partial charge in [-0.15, -0.1) is 0 Å². The molecule has 2 fully saturated rings. The van der Waals surface area contributed by atoms with Crippen LogP contribution >= 0.6 is 0 Å². The molecule has 160 valence electrons. The van der Waals surface area contributed by atoms with Gasteiger partial charge in [-0.05, 0) is 31.0 Å². The van der Waals surface area contributed by atoms with Gasteiger partial charge in [-0.25, -0.2) is 0 Å². The molecule has 30 heavy (non-hydrogen) atoms. The maximum atomic E-state index is 12.4. The topological polar surface area (TPSA) is 122 Å². The molecule has 2 aliphatic rings. The number of carbonyl (C=O) groups is 5. The summed E-state index contributed by atoms with van der Waals surface area (Å²) in [5.41, 5.74) is 0.968. The van der Waals surface area contributed by atoms with Crippen molar-refractivity contribution in [2.24, 2.45) is 11.8 Å². The molecule has 1 aliphatic carbocycles. The van der Waals surface area contributed by atoms with Crippen molar-refractivity contribution in [3.8, 4) is 0 Å². The Balaban J connectivity index is 1.42. The summed E-state index contributed by atoms with van der Waals surface area (Å²) < 4.78 is 4.95. The molecule has 0 unspecified atom stereocenters. The SMILES string of the molecule is CC(=O)Nc1cccc(NC(=O)COC(=O)CCN2C(=O)[C@@H]3CCCC[C@H]3C2=O)c1. The molecular formula is C21H25N3O6. The highest BCUT2D eigenvalue weighted by Crippen LogP contribution is 2.37. The first kappa shape index (κ1) is 21.5. The number of fused-ring (bicyclic) bond motifs is 1. The van der Waals surface area contributed by atoms with Gasteiger partial charge >= 0.3 is 5.97 Å². The number of likely N-dealkylation sites (tertiary alicyclic amines) is 1. The molecule has 0 bridgehead atoms. The van der Waals surface area contributed by atoms with Crippen LogP contribution in [-0.2, 0) is 28.7 Å². The molecule has 0 spiro atoms. The van der Waals surface area contributed by atoms with Gasteiger partial charge in [0, 0.05) is 24.8 Å². The van der Waals surface area contributed by atoms with Gasteiger partial charge in [0.05, 0.1) is 18.3 Å². The summed E-state index contributed by atoms with van der Waals surface area (Å²) in [6.07, 6.45) is 3.18. The van der Waals surface area contributed by atoms with Crippen molar-refractivity contribution >= 4 is 41.0 Å². The molecule has 0 aromatic heterocycles. The molecule has 1 aliphatic heterocycles. The highest BCUT2D eigenvalue weighted by Gasteiger charge is 2.47. The Bertz CT molecular complexity index is 844. The molecule has 4 amide bonds. The number of benzene rings is 1. The summed E-state index contributed by atoms with van der Waals surface area (Å²) in [6.45, 7) is 0.863. The summed E-state index contributed by atoms with van der Waals surface area (Å²) in [5.74, 6) is -2.33. The van der Waals surface area contributed by atoms with Crippen molar-refractivity contribution in [1.29, 1.82) is 0 Å². The van der Waals surface area contributed by atoms with Gasteiger partial charge in [0.1, 0.15) is 0 Å². The van der Waals surface area contributed by atoms with E-state index in [0.29, 0.717) is 11.4 Å². The predicted octanol–water partition coefficient (Wildman–Crippen LogP) is 1.69. The second kappa shape index (κ2) is 9.51. The number of carbonyl (C=O) groups excluding carboxylic acids is 5. The molecule has 3 rings (SSSR count). The van der Waals surface area contributed by atoms with Gasteiger partial charge < -0.3 is 15.4 Å². The fraction of sp³-hybridized carbons (Fsp3) is 0.476. The number of nitrogens with one attached hydrogen (secondary N) is 2. The van der Waals surface area contributed by atoms with Crippen LogP contribution in [0.3, 0.4) is 0 Å². The fourth-order valence-corrected chi connectivity index (χ4v) is 3.95. The van der Waals surface area contributed by atoms with Crippen LogP contribution < -0.4 is 10.6 Å². The number of rotatable bonds is 7. The van der Waals surface area contributed by atoms with Crippen molar-refractivity contribution in [1.82, 2.24) is 4.90 Å². The number of ether oxygens (including phenoxy) is 1. The lowest BCUT2D eigenvalue weighted by Crippen LogP contribution is -2.33. The second-order valence-electron chi connectivity index (χ2n) is 7.55. The Morgan fingerprint density at radius 2 is 1.63 bits per heavy atom. The van der Waals surface area contributed by atoms with Crippen molar-refractivity contribution in [3.63, 3.8) is 0 Å². The zero-order chi connectivity index (χ0) is 21.7. The van der Waals surface area contributed by atoms with Crippen molar-refractivity contribution in [3.05, 3.63) is 24.3 Å². The molecule has 9 heteroatoms. The minimum Gasteiger partial charge on any atom is -0.456 e. The second-order valence-corrected chi connectivity index (χ2v) is 7.55. The minimum atomic E-state index is -0.660. The molecule has 0 radical (unpaired) electrons. The van der Waals surface area contributed by atoms with Crippen LogP contribution in [0.25, 0.3) is 0 Å². The number of hydrogen-bond donors (Lipinski definition) is 2. The lowest BCUT2D eigenvalue weighted by molar-refractivity contribution is -0.148.